The minimum absolute atomic E-state index is 0.000811. The lowest BCUT2D eigenvalue weighted by molar-refractivity contribution is -0.384. The van der Waals surface area contributed by atoms with Crippen LogP contribution in [0.15, 0.2) is 35.3 Å². The first-order chi connectivity index (χ1) is 26.8. The molecule has 0 spiro atoms. The number of anilines is 2. The number of methoxy groups -OCH3 is 2. The summed E-state index contributed by atoms with van der Waals surface area (Å²) in [5, 5.41) is 18.2. The zero-order valence-electron chi connectivity index (χ0n) is 33.5. The number of hydrogen-bond acceptors (Lipinski definition) is 11. The van der Waals surface area contributed by atoms with Gasteiger partial charge in [-0.25, -0.2) is 24.3 Å². The van der Waals surface area contributed by atoms with Crippen LogP contribution in [0.2, 0.25) is 10.0 Å². The fourth-order valence-corrected chi connectivity index (χ4v) is 6.91. The smallest absolute Gasteiger partial charge is 0.418 e. The highest BCUT2D eigenvalue weighted by Crippen LogP contribution is 2.46. The van der Waals surface area contributed by atoms with Crippen LogP contribution in [0.25, 0.3) is 11.3 Å². The highest BCUT2D eigenvalue weighted by atomic mass is 35.5. The molecule has 4 amide bonds. The maximum Gasteiger partial charge on any atom is 0.418 e. The van der Waals surface area contributed by atoms with E-state index in [4.69, 9.17) is 42.1 Å². The Hall–Kier alpha value is -5.06. The maximum atomic E-state index is 14.5. The molecule has 1 unspecified atom stereocenters. The van der Waals surface area contributed by atoms with Crippen molar-refractivity contribution in [3.8, 4) is 11.5 Å². The molecule has 2 aromatic rings. The summed E-state index contributed by atoms with van der Waals surface area (Å²) >= 11 is 13.3. The van der Waals surface area contributed by atoms with Gasteiger partial charge in [0.1, 0.15) is 38.4 Å². The summed E-state index contributed by atoms with van der Waals surface area (Å²) in [6.07, 6.45) is 3.35. The summed E-state index contributed by atoms with van der Waals surface area (Å²) in [7, 11) is 2.80. The second-order valence-corrected chi connectivity index (χ2v) is 16.3. The van der Waals surface area contributed by atoms with E-state index in [2.05, 4.69) is 27.4 Å². The number of aliphatic imine (C=N–C) groups is 1. The van der Waals surface area contributed by atoms with Crippen LogP contribution in [0.3, 0.4) is 0 Å². The number of allylic oxidation sites excluding steroid dienone is 1. The van der Waals surface area contributed by atoms with Gasteiger partial charge in [0.15, 0.2) is 0 Å². The predicted molar refractivity (Wildman–Crippen MR) is 219 cm³/mol. The fourth-order valence-electron chi connectivity index (χ4n) is 6.32. The Morgan fingerprint density at radius 3 is 2.11 bits per heavy atom. The molecule has 18 heteroatoms. The molecule has 5 rings (SSSR count). The van der Waals surface area contributed by atoms with Crippen molar-refractivity contribution < 1.29 is 38.3 Å². The molecule has 308 valence electrons. The van der Waals surface area contributed by atoms with Crippen LogP contribution in [0, 0.1) is 10.1 Å². The number of nitrogens with one attached hydrogen (secondary N) is 2. The number of hydrogen-bond donors (Lipinski definition) is 2. The Kier molecular flexibility index (Phi) is 13.0. The van der Waals surface area contributed by atoms with E-state index >= 15 is 0 Å². The van der Waals surface area contributed by atoms with Crippen molar-refractivity contribution in [2.75, 3.05) is 44.5 Å². The Bertz CT molecular complexity index is 1990. The van der Waals surface area contributed by atoms with E-state index in [0.717, 1.165) is 23.6 Å². The molecule has 0 radical (unpaired) electrons. The second-order valence-electron chi connectivity index (χ2n) is 15.6. The van der Waals surface area contributed by atoms with Crippen LogP contribution in [-0.4, -0.2) is 101 Å². The third kappa shape index (κ3) is 10.1. The van der Waals surface area contributed by atoms with Gasteiger partial charge >= 0.3 is 18.2 Å². The number of benzene rings is 2. The van der Waals surface area contributed by atoms with Crippen molar-refractivity contribution in [3.05, 3.63) is 61.6 Å². The SMILES string of the molecule is CCN1CC=C(c2cc(C3=CC=NC(N(C(=O)Nc4c(Cl)c(OC)cc(OC)c4Cl)C4CC4)N3C(=O)OC(C)(C)C)c(NC(=O)OC(C)(C)C)c([N+](=O)[O-])c2)CC1. The molecular formula is C39H49Cl2N7O9. The van der Waals surface area contributed by atoms with E-state index in [9.17, 15) is 24.5 Å². The van der Waals surface area contributed by atoms with Gasteiger partial charge < -0.3 is 24.3 Å². The van der Waals surface area contributed by atoms with Gasteiger partial charge in [0.05, 0.1) is 30.5 Å². The Balaban J connectivity index is 1.69. The van der Waals surface area contributed by atoms with E-state index in [1.807, 2.05) is 6.08 Å². The average Bonchev–Trinajstić information content (AvgIpc) is 3.97. The molecule has 1 saturated carbocycles. The van der Waals surface area contributed by atoms with Crippen LogP contribution >= 0.6 is 23.2 Å². The number of urea groups is 1. The molecular weight excluding hydrogens is 781 g/mol. The van der Waals surface area contributed by atoms with Crippen LogP contribution in [-0.2, 0) is 9.47 Å². The number of amides is 4. The van der Waals surface area contributed by atoms with Crippen LogP contribution in [0.5, 0.6) is 11.5 Å². The van der Waals surface area contributed by atoms with Gasteiger partial charge in [0, 0.05) is 43.0 Å². The van der Waals surface area contributed by atoms with Gasteiger partial charge in [-0.1, -0.05) is 36.2 Å². The summed E-state index contributed by atoms with van der Waals surface area (Å²) in [6, 6.07) is 3.42. The first kappa shape index (κ1) is 43.1. The van der Waals surface area contributed by atoms with Gasteiger partial charge in [0.2, 0.25) is 6.29 Å². The van der Waals surface area contributed by atoms with Gasteiger partial charge in [0.25, 0.3) is 5.69 Å². The van der Waals surface area contributed by atoms with Crippen LogP contribution < -0.4 is 20.1 Å². The number of halogens is 2. The first-order valence-corrected chi connectivity index (χ1v) is 19.2. The minimum atomic E-state index is -1.39. The number of likely N-dealkylation sites (N-methyl/N-ethyl adjacent to an activating group) is 1. The molecule has 2 aromatic carbocycles. The Labute approximate surface area is 341 Å². The quantitative estimate of drug-likeness (QED) is 0.174. The Morgan fingerprint density at radius 1 is 0.965 bits per heavy atom. The molecule has 57 heavy (non-hydrogen) atoms. The van der Waals surface area contributed by atoms with Gasteiger partial charge in [-0.3, -0.25) is 25.2 Å². The van der Waals surface area contributed by atoms with Crippen molar-refractivity contribution >= 4 is 76.0 Å². The van der Waals surface area contributed by atoms with Gasteiger partial charge in [-0.15, -0.1) is 0 Å². The summed E-state index contributed by atoms with van der Waals surface area (Å²) in [6.45, 7) is 14.3. The zero-order valence-corrected chi connectivity index (χ0v) is 35.0. The molecule has 0 bridgehead atoms. The minimum Gasteiger partial charge on any atom is -0.495 e. The highest BCUT2D eigenvalue weighted by Gasteiger charge is 2.46. The third-order valence-electron chi connectivity index (χ3n) is 9.09. The highest BCUT2D eigenvalue weighted by molar-refractivity contribution is 6.41. The molecule has 0 saturated heterocycles. The number of carbonyl (C=O) groups is 3. The summed E-state index contributed by atoms with van der Waals surface area (Å²) in [5.74, 6) is 0.369. The number of rotatable bonds is 10. The normalized spacial score (nSPS) is 17.2. The van der Waals surface area contributed by atoms with Gasteiger partial charge in [-0.2, -0.15) is 0 Å². The Morgan fingerprint density at radius 2 is 1.60 bits per heavy atom. The fraction of sp³-hybridized carbons (Fsp3) is 0.487. The topological polar surface area (TPSA) is 177 Å². The molecule has 2 aliphatic heterocycles. The number of nitro benzene ring substituents is 1. The summed E-state index contributed by atoms with van der Waals surface area (Å²) in [5.41, 5.74) is -1.14. The van der Waals surface area contributed by atoms with Crippen molar-refractivity contribution in [1.82, 2.24) is 14.7 Å². The van der Waals surface area contributed by atoms with E-state index < -0.39 is 52.4 Å². The van der Waals surface area contributed by atoms with Gasteiger partial charge in [-0.05, 0) is 90.6 Å². The standard InChI is InChI=1S/C39H49Cl2N7O9/c1-10-45-17-14-22(15-18-45)23-19-25(32(27(20-23)48(52)53)44-36(50)56-38(2,3)4)26-13-16-42-34(47(26)37(51)57-39(5,6)7)46(24-11-12-24)35(49)43-33-30(40)28(54-8)21-29(55-9)31(33)41/h13-14,16,19-21,24,34H,10-12,15,17-18H2,1-9H3,(H,43,49)(H,44,50). The molecule has 1 fully saturated rings. The molecule has 0 aromatic heterocycles. The van der Waals surface area contributed by atoms with Crippen molar-refractivity contribution in [2.24, 2.45) is 4.99 Å². The van der Waals surface area contributed by atoms with E-state index in [1.54, 1.807) is 47.6 Å². The van der Waals surface area contributed by atoms with Crippen molar-refractivity contribution in [3.63, 3.8) is 0 Å². The van der Waals surface area contributed by atoms with E-state index in [0.29, 0.717) is 31.4 Å². The molecule has 1 atom stereocenters. The van der Waals surface area contributed by atoms with E-state index in [-0.39, 0.29) is 44.2 Å². The molecule has 16 nitrogen and oxygen atoms in total. The zero-order chi connectivity index (χ0) is 42.0. The monoisotopic (exact) mass is 829 g/mol. The van der Waals surface area contributed by atoms with Crippen molar-refractivity contribution in [1.29, 1.82) is 0 Å². The third-order valence-corrected chi connectivity index (χ3v) is 9.84. The summed E-state index contributed by atoms with van der Waals surface area (Å²) in [4.78, 5) is 63.9. The predicted octanol–water partition coefficient (Wildman–Crippen LogP) is 9.02. The molecule has 1 aliphatic carbocycles. The number of nitro groups is 1. The summed E-state index contributed by atoms with van der Waals surface area (Å²) < 4.78 is 22.2. The lowest BCUT2D eigenvalue weighted by Gasteiger charge is -2.40. The lowest BCUT2D eigenvalue weighted by Crippen LogP contribution is -2.55. The second kappa shape index (κ2) is 17.2. The molecule has 2 heterocycles. The largest absolute Gasteiger partial charge is 0.495 e. The first-order valence-electron chi connectivity index (χ1n) is 18.5. The van der Waals surface area contributed by atoms with E-state index in [1.165, 1.54) is 43.5 Å². The number of carbonyl (C=O) groups excluding carboxylic acids is 3. The molecule has 2 N–H and O–H groups in total. The van der Waals surface area contributed by atoms with Crippen LogP contribution in [0.4, 0.5) is 31.4 Å². The number of nitrogens with zero attached hydrogens (tertiary/aromatic N) is 5. The van der Waals surface area contributed by atoms with Crippen molar-refractivity contribution in [2.45, 2.75) is 91.3 Å². The molecule has 3 aliphatic rings. The van der Waals surface area contributed by atoms with Crippen LogP contribution in [0.1, 0.15) is 78.9 Å². The number of ether oxygens (including phenoxy) is 4. The maximum absolute atomic E-state index is 14.5. The average molecular weight is 831 g/mol. The lowest BCUT2D eigenvalue weighted by atomic mass is 9.94.